The molecule has 0 atom stereocenters. The van der Waals surface area contributed by atoms with Crippen LogP contribution in [0.15, 0.2) is 60.2 Å². The normalized spacial score (nSPS) is 12.2. The SMILES string of the molecule is COc1cc(-c2ccc(O)cc2)c2c(c1-c1ccc(OCC=C(C)C)c(F)c1)OCCO2. The van der Waals surface area contributed by atoms with Gasteiger partial charge in [-0.15, -0.1) is 0 Å². The topological polar surface area (TPSA) is 57.2 Å². The number of phenols is 1. The zero-order valence-electron chi connectivity index (χ0n) is 18.3. The van der Waals surface area contributed by atoms with Gasteiger partial charge >= 0.3 is 0 Å². The van der Waals surface area contributed by atoms with Gasteiger partial charge in [-0.2, -0.15) is 0 Å². The Hall–Kier alpha value is -3.67. The van der Waals surface area contributed by atoms with Crippen LogP contribution in [0, 0.1) is 5.82 Å². The van der Waals surface area contributed by atoms with Crippen LogP contribution in [0.4, 0.5) is 4.39 Å². The van der Waals surface area contributed by atoms with Crippen molar-refractivity contribution in [3.05, 3.63) is 66.0 Å². The number of hydrogen-bond acceptors (Lipinski definition) is 5. The number of ether oxygens (including phenoxy) is 4. The minimum atomic E-state index is -0.472. The number of halogens is 1. The number of fused-ring (bicyclic) bond motifs is 1. The molecule has 3 aromatic rings. The van der Waals surface area contributed by atoms with Crippen LogP contribution in [0.3, 0.4) is 0 Å². The van der Waals surface area contributed by atoms with E-state index < -0.39 is 5.82 Å². The number of allylic oxidation sites excluding steroid dienone is 1. The minimum Gasteiger partial charge on any atom is -0.508 e. The molecular weight excluding hydrogens is 411 g/mol. The monoisotopic (exact) mass is 436 g/mol. The molecule has 6 heteroatoms. The second-order valence-corrected chi connectivity index (χ2v) is 7.64. The highest BCUT2D eigenvalue weighted by molar-refractivity contribution is 5.88. The summed E-state index contributed by atoms with van der Waals surface area (Å²) >= 11 is 0. The molecule has 0 unspecified atom stereocenters. The number of methoxy groups -OCH3 is 1. The first-order valence-electron chi connectivity index (χ1n) is 10.3. The molecule has 0 aliphatic carbocycles. The van der Waals surface area contributed by atoms with E-state index in [9.17, 15) is 9.50 Å². The maximum Gasteiger partial charge on any atom is 0.173 e. The molecule has 1 N–H and O–H groups in total. The Morgan fingerprint density at radius 2 is 1.66 bits per heavy atom. The summed E-state index contributed by atoms with van der Waals surface area (Å²) in [5.41, 5.74) is 3.91. The number of hydrogen-bond donors (Lipinski definition) is 1. The number of benzene rings is 3. The summed E-state index contributed by atoms with van der Waals surface area (Å²) in [7, 11) is 1.56. The lowest BCUT2D eigenvalue weighted by Gasteiger charge is -2.26. The average molecular weight is 436 g/mol. The van der Waals surface area contributed by atoms with Crippen LogP contribution in [-0.4, -0.2) is 32.0 Å². The molecule has 4 rings (SSSR count). The number of aromatic hydroxyl groups is 1. The van der Waals surface area contributed by atoms with Crippen molar-refractivity contribution in [3.63, 3.8) is 0 Å². The van der Waals surface area contributed by atoms with E-state index in [4.69, 9.17) is 18.9 Å². The van der Waals surface area contributed by atoms with Crippen LogP contribution in [-0.2, 0) is 0 Å². The zero-order valence-corrected chi connectivity index (χ0v) is 18.3. The molecule has 0 aromatic heterocycles. The number of phenolic OH excluding ortho intramolecular Hbond substituents is 1. The van der Waals surface area contributed by atoms with E-state index in [1.165, 1.54) is 6.07 Å². The zero-order chi connectivity index (χ0) is 22.7. The van der Waals surface area contributed by atoms with Crippen LogP contribution in [0.1, 0.15) is 13.8 Å². The summed E-state index contributed by atoms with van der Waals surface area (Å²) in [6, 6.07) is 13.4. The van der Waals surface area contributed by atoms with Crippen molar-refractivity contribution in [2.75, 3.05) is 26.9 Å². The highest BCUT2D eigenvalue weighted by Gasteiger charge is 2.26. The summed E-state index contributed by atoms with van der Waals surface area (Å²) in [4.78, 5) is 0. The first-order chi connectivity index (χ1) is 15.5. The van der Waals surface area contributed by atoms with Crippen LogP contribution in [0.5, 0.6) is 28.7 Å². The predicted octanol–water partition coefficient (Wildman–Crippen LogP) is 5.99. The molecule has 0 fully saturated rings. The minimum absolute atomic E-state index is 0.172. The van der Waals surface area contributed by atoms with Crippen molar-refractivity contribution in [1.82, 2.24) is 0 Å². The molecule has 0 amide bonds. The Kier molecular flexibility index (Phi) is 6.21. The van der Waals surface area contributed by atoms with Crippen LogP contribution < -0.4 is 18.9 Å². The van der Waals surface area contributed by atoms with Gasteiger partial charge in [0.05, 0.1) is 12.7 Å². The molecule has 0 saturated heterocycles. The molecule has 1 aliphatic rings. The predicted molar refractivity (Wildman–Crippen MR) is 121 cm³/mol. The summed E-state index contributed by atoms with van der Waals surface area (Å²) in [5.74, 6) is 1.45. The molecule has 0 bridgehead atoms. The van der Waals surface area contributed by atoms with Crippen LogP contribution in [0.2, 0.25) is 0 Å². The van der Waals surface area contributed by atoms with Crippen molar-refractivity contribution in [2.24, 2.45) is 0 Å². The van der Waals surface area contributed by atoms with Gasteiger partial charge in [0.25, 0.3) is 0 Å². The maximum absolute atomic E-state index is 14.8. The van der Waals surface area contributed by atoms with Crippen molar-refractivity contribution in [1.29, 1.82) is 0 Å². The molecule has 0 saturated carbocycles. The molecule has 0 spiro atoms. The van der Waals surface area contributed by atoms with E-state index >= 15 is 0 Å². The van der Waals surface area contributed by atoms with Gasteiger partial charge in [0.1, 0.15) is 31.3 Å². The third kappa shape index (κ3) is 4.35. The molecule has 32 heavy (non-hydrogen) atoms. The Morgan fingerprint density at radius 1 is 0.969 bits per heavy atom. The van der Waals surface area contributed by atoms with Gasteiger partial charge in [-0.3, -0.25) is 0 Å². The smallest absolute Gasteiger partial charge is 0.173 e. The largest absolute Gasteiger partial charge is 0.508 e. The Morgan fingerprint density at radius 3 is 2.31 bits per heavy atom. The van der Waals surface area contributed by atoms with Crippen molar-refractivity contribution in [3.8, 4) is 51.0 Å². The lowest BCUT2D eigenvalue weighted by Crippen LogP contribution is -2.17. The van der Waals surface area contributed by atoms with Crippen molar-refractivity contribution >= 4 is 0 Å². The van der Waals surface area contributed by atoms with Crippen molar-refractivity contribution in [2.45, 2.75) is 13.8 Å². The van der Waals surface area contributed by atoms with Gasteiger partial charge in [-0.1, -0.05) is 23.8 Å². The first-order valence-corrected chi connectivity index (χ1v) is 10.3. The Labute approximate surface area is 186 Å². The summed E-state index contributed by atoms with van der Waals surface area (Å²) in [6.45, 7) is 4.99. The maximum atomic E-state index is 14.8. The first kappa shape index (κ1) is 21.6. The summed E-state index contributed by atoms with van der Waals surface area (Å²) in [6.07, 6.45) is 1.89. The van der Waals surface area contributed by atoms with Gasteiger partial charge in [0.2, 0.25) is 0 Å². The van der Waals surface area contributed by atoms with Crippen LogP contribution in [0.25, 0.3) is 22.3 Å². The quantitative estimate of drug-likeness (QED) is 0.481. The van der Waals surface area contributed by atoms with E-state index in [0.717, 1.165) is 16.7 Å². The molecule has 5 nitrogen and oxygen atoms in total. The van der Waals surface area contributed by atoms with Gasteiger partial charge in [0.15, 0.2) is 23.1 Å². The lowest BCUT2D eigenvalue weighted by atomic mass is 9.96. The van der Waals surface area contributed by atoms with Gasteiger partial charge in [-0.05, 0) is 61.4 Å². The fourth-order valence-electron chi connectivity index (χ4n) is 3.55. The molecule has 3 aromatic carbocycles. The molecule has 0 radical (unpaired) electrons. The fraction of sp³-hybridized carbons (Fsp3) is 0.231. The highest BCUT2D eigenvalue weighted by Crippen LogP contribution is 2.51. The summed E-state index contributed by atoms with van der Waals surface area (Å²) in [5, 5.41) is 9.64. The van der Waals surface area contributed by atoms with E-state index in [1.54, 1.807) is 43.5 Å². The van der Waals surface area contributed by atoms with E-state index in [0.29, 0.717) is 48.2 Å². The standard InChI is InChI=1S/C26H25FO5/c1-16(2)10-11-30-22-9-6-18(14-21(22)27)24-23(29-3)15-20(17-4-7-19(28)8-5-17)25-26(24)32-13-12-31-25/h4-10,14-15,28H,11-13H2,1-3H3. The van der Waals surface area contributed by atoms with Gasteiger partial charge in [-0.25, -0.2) is 4.39 Å². The molecule has 1 heterocycles. The molecule has 1 aliphatic heterocycles. The fourth-order valence-corrected chi connectivity index (χ4v) is 3.55. The average Bonchev–Trinajstić information content (AvgIpc) is 2.79. The van der Waals surface area contributed by atoms with E-state index in [1.807, 2.05) is 26.0 Å². The van der Waals surface area contributed by atoms with E-state index in [2.05, 4.69) is 0 Å². The second kappa shape index (κ2) is 9.22. The third-order valence-corrected chi connectivity index (χ3v) is 5.13. The molecule has 166 valence electrons. The third-order valence-electron chi connectivity index (χ3n) is 5.13. The Bertz CT molecular complexity index is 1150. The van der Waals surface area contributed by atoms with Gasteiger partial charge in [0, 0.05) is 5.56 Å². The van der Waals surface area contributed by atoms with Crippen molar-refractivity contribution < 1.29 is 28.4 Å². The van der Waals surface area contributed by atoms with E-state index in [-0.39, 0.29) is 11.5 Å². The number of rotatable bonds is 6. The molecular formula is C26H25FO5. The summed E-state index contributed by atoms with van der Waals surface area (Å²) < 4.78 is 38.0. The second-order valence-electron chi connectivity index (χ2n) is 7.64. The van der Waals surface area contributed by atoms with Gasteiger partial charge < -0.3 is 24.1 Å². The lowest BCUT2D eigenvalue weighted by molar-refractivity contribution is 0.172. The Balaban J connectivity index is 1.80. The van der Waals surface area contributed by atoms with Crippen LogP contribution >= 0.6 is 0 Å². The highest BCUT2D eigenvalue weighted by atomic mass is 19.1.